The summed E-state index contributed by atoms with van der Waals surface area (Å²) >= 11 is 6.09. The second-order valence-electron chi connectivity index (χ2n) is 4.76. The number of carbonyl (C=O) groups excluding carboxylic acids is 1. The number of hydrogen-bond donors (Lipinski definition) is 2. The third-order valence-electron chi connectivity index (χ3n) is 3.00. The molecule has 0 aliphatic carbocycles. The molecule has 0 radical (unpaired) electrons. The Balaban J connectivity index is 2.00. The first-order valence-electron chi connectivity index (χ1n) is 7.26. The van der Waals surface area contributed by atoms with E-state index < -0.39 is 0 Å². The molecule has 0 aliphatic rings. The predicted octanol–water partition coefficient (Wildman–Crippen LogP) is 4.29. The lowest BCUT2D eigenvalue weighted by molar-refractivity contribution is 0.194. The third-order valence-corrected chi connectivity index (χ3v) is 3.31. The zero-order valence-corrected chi connectivity index (χ0v) is 13.6. The first-order chi connectivity index (χ1) is 11.2. The summed E-state index contributed by atoms with van der Waals surface area (Å²) < 4.78 is 10.7. The number of rotatable bonds is 7. The lowest BCUT2D eigenvalue weighted by atomic mass is 10.3. The number of halogens is 1. The van der Waals surface area contributed by atoms with E-state index in [1.54, 1.807) is 31.4 Å². The molecule has 0 bridgehead atoms. The summed E-state index contributed by atoms with van der Waals surface area (Å²) in [6.45, 7) is 1.14. The molecular formula is C17H19ClN2O3. The molecule has 122 valence electrons. The van der Waals surface area contributed by atoms with Crippen LogP contribution in [0.4, 0.5) is 10.5 Å². The van der Waals surface area contributed by atoms with Crippen LogP contribution in [0.25, 0.3) is 0 Å². The fraction of sp³-hybridized carbons (Fsp3) is 0.235. The van der Waals surface area contributed by atoms with Gasteiger partial charge in [0.2, 0.25) is 0 Å². The molecule has 6 heteroatoms. The molecule has 0 saturated carbocycles. The lowest BCUT2D eigenvalue weighted by Crippen LogP contribution is -2.30. The monoisotopic (exact) mass is 334 g/mol. The highest BCUT2D eigenvalue weighted by atomic mass is 35.5. The van der Waals surface area contributed by atoms with E-state index in [0.717, 1.165) is 6.42 Å². The maximum absolute atomic E-state index is 11.9. The van der Waals surface area contributed by atoms with Crippen molar-refractivity contribution in [2.75, 3.05) is 25.6 Å². The molecule has 2 aromatic carbocycles. The molecule has 0 aliphatic heterocycles. The number of carbonyl (C=O) groups is 1. The van der Waals surface area contributed by atoms with Gasteiger partial charge in [-0.05, 0) is 30.7 Å². The van der Waals surface area contributed by atoms with Crippen LogP contribution in [-0.2, 0) is 4.74 Å². The number of methoxy groups -OCH3 is 1. The number of nitrogens with one attached hydrogen (secondary N) is 2. The normalized spacial score (nSPS) is 10.2. The first kappa shape index (κ1) is 17.1. The van der Waals surface area contributed by atoms with Gasteiger partial charge in [-0.1, -0.05) is 35.9 Å². The molecule has 0 spiro atoms. The maximum atomic E-state index is 11.9. The van der Waals surface area contributed by atoms with Crippen molar-refractivity contribution in [2.45, 2.75) is 6.42 Å². The Morgan fingerprint density at radius 3 is 2.52 bits per heavy atom. The number of hydrogen-bond acceptors (Lipinski definition) is 3. The van der Waals surface area contributed by atoms with Gasteiger partial charge in [-0.3, -0.25) is 0 Å². The van der Waals surface area contributed by atoms with Gasteiger partial charge in [0.15, 0.2) is 5.75 Å². The number of urea groups is 1. The SMILES string of the molecule is COCCCNC(=O)Nc1ccccc1Oc1ccccc1Cl. The molecule has 2 rings (SSSR count). The van der Waals surface area contributed by atoms with Crippen molar-refractivity contribution in [3.05, 3.63) is 53.6 Å². The zero-order chi connectivity index (χ0) is 16.5. The van der Waals surface area contributed by atoms with Crippen LogP contribution in [-0.4, -0.2) is 26.3 Å². The van der Waals surface area contributed by atoms with Crippen LogP contribution >= 0.6 is 11.6 Å². The van der Waals surface area contributed by atoms with Gasteiger partial charge in [0.1, 0.15) is 5.75 Å². The van der Waals surface area contributed by atoms with Crippen LogP contribution in [0.15, 0.2) is 48.5 Å². The van der Waals surface area contributed by atoms with Crippen LogP contribution in [0.2, 0.25) is 5.02 Å². The van der Waals surface area contributed by atoms with Gasteiger partial charge in [0.25, 0.3) is 0 Å². The van der Waals surface area contributed by atoms with Crippen LogP contribution in [0.1, 0.15) is 6.42 Å². The summed E-state index contributed by atoms with van der Waals surface area (Å²) in [6, 6.07) is 14.1. The highest BCUT2D eigenvalue weighted by molar-refractivity contribution is 6.32. The number of anilines is 1. The number of benzene rings is 2. The van der Waals surface area contributed by atoms with Crippen molar-refractivity contribution in [1.82, 2.24) is 5.32 Å². The molecule has 0 fully saturated rings. The van der Waals surface area contributed by atoms with E-state index in [2.05, 4.69) is 10.6 Å². The molecule has 0 aromatic heterocycles. The van der Waals surface area contributed by atoms with Crippen LogP contribution in [0.5, 0.6) is 11.5 Å². The van der Waals surface area contributed by atoms with Crippen molar-refractivity contribution >= 4 is 23.3 Å². The minimum absolute atomic E-state index is 0.295. The standard InChI is InChI=1S/C17H19ClN2O3/c1-22-12-6-11-19-17(21)20-14-8-3-5-10-16(14)23-15-9-4-2-7-13(15)18/h2-5,7-10H,6,11-12H2,1H3,(H2,19,20,21). The molecular weight excluding hydrogens is 316 g/mol. The predicted molar refractivity (Wildman–Crippen MR) is 91.5 cm³/mol. The fourth-order valence-electron chi connectivity index (χ4n) is 1.89. The van der Waals surface area contributed by atoms with E-state index >= 15 is 0 Å². The van der Waals surface area contributed by atoms with Crippen LogP contribution in [0.3, 0.4) is 0 Å². The van der Waals surface area contributed by atoms with E-state index in [0.29, 0.717) is 35.4 Å². The summed E-state index contributed by atoms with van der Waals surface area (Å²) in [5.74, 6) is 1.05. The molecule has 0 saturated heterocycles. The van der Waals surface area contributed by atoms with E-state index in [1.165, 1.54) is 0 Å². The highest BCUT2D eigenvalue weighted by Gasteiger charge is 2.09. The minimum Gasteiger partial charge on any atom is -0.454 e. The second kappa shape index (κ2) is 9.02. The minimum atomic E-state index is -0.295. The van der Waals surface area contributed by atoms with Crippen molar-refractivity contribution in [1.29, 1.82) is 0 Å². The first-order valence-corrected chi connectivity index (χ1v) is 7.63. The highest BCUT2D eigenvalue weighted by Crippen LogP contribution is 2.33. The quantitative estimate of drug-likeness (QED) is 0.742. The van der Waals surface area contributed by atoms with Gasteiger partial charge in [0, 0.05) is 20.3 Å². The smallest absolute Gasteiger partial charge is 0.319 e. The lowest BCUT2D eigenvalue weighted by Gasteiger charge is -2.13. The molecule has 23 heavy (non-hydrogen) atoms. The molecule has 0 atom stereocenters. The van der Waals surface area contributed by atoms with Gasteiger partial charge >= 0.3 is 6.03 Å². The number of amides is 2. The summed E-state index contributed by atoms with van der Waals surface area (Å²) in [5.41, 5.74) is 0.566. The zero-order valence-electron chi connectivity index (χ0n) is 12.8. The van der Waals surface area contributed by atoms with E-state index in [9.17, 15) is 4.79 Å². The Kier molecular flexibility index (Phi) is 6.72. The average Bonchev–Trinajstić information content (AvgIpc) is 2.55. The molecule has 5 nitrogen and oxygen atoms in total. The van der Waals surface area contributed by atoms with Crippen molar-refractivity contribution in [3.8, 4) is 11.5 Å². The summed E-state index contributed by atoms with van der Waals surface area (Å²) in [5, 5.41) is 6.03. The summed E-state index contributed by atoms with van der Waals surface area (Å²) in [4.78, 5) is 11.9. The number of para-hydroxylation sites is 3. The maximum Gasteiger partial charge on any atom is 0.319 e. The number of ether oxygens (including phenoxy) is 2. The Morgan fingerprint density at radius 1 is 1.09 bits per heavy atom. The molecule has 2 amide bonds. The van der Waals surface area contributed by atoms with Gasteiger partial charge in [0.05, 0.1) is 10.7 Å². The molecule has 2 aromatic rings. The topological polar surface area (TPSA) is 59.6 Å². The van der Waals surface area contributed by atoms with E-state index in [1.807, 2.05) is 24.3 Å². The van der Waals surface area contributed by atoms with Crippen molar-refractivity contribution < 1.29 is 14.3 Å². The Morgan fingerprint density at radius 2 is 1.78 bits per heavy atom. The van der Waals surface area contributed by atoms with Crippen molar-refractivity contribution in [3.63, 3.8) is 0 Å². The fourth-order valence-corrected chi connectivity index (χ4v) is 2.06. The van der Waals surface area contributed by atoms with Gasteiger partial charge in [-0.15, -0.1) is 0 Å². The van der Waals surface area contributed by atoms with Crippen LogP contribution < -0.4 is 15.4 Å². The summed E-state index contributed by atoms with van der Waals surface area (Å²) in [6.07, 6.45) is 0.752. The third kappa shape index (κ3) is 5.47. The second-order valence-corrected chi connectivity index (χ2v) is 5.16. The Hall–Kier alpha value is -2.24. The van der Waals surface area contributed by atoms with Gasteiger partial charge in [-0.25, -0.2) is 4.79 Å². The van der Waals surface area contributed by atoms with E-state index in [4.69, 9.17) is 21.1 Å². The van der Waals surface area contributed by atoms with E-state index in [-0.39, 0.29) is 6.03 Å². The van der Waals surface area contributed by atoms with Crippen LogP contribution in [0, 0.1) is 0 Å². The van der Waals surface area contributed by atoms with Crippen molar-refractivity contribution in [2.24, 2.45) is 0 Å². The molecule has 0 heterocycles. The van der Waals surface area contributed by atoms with Gasteiger partial charge in [-0.2, -0.15) is 0 Å². The molecule has 2 N–H and O–H groups in total. The largest absolute Gasteiger partial charge is 0.454 e. The van der Waals surface area contributed by atoms with Gasteiger partial charge < -0.3 is 20.1 Å². The average molecular weight is 335 g/mol. The Labute approximate surface area is 140 Å². The Bertz CT molecular complexity index is 649. The summed E-state index contributed by atoms with van der Waals surface area (Å²) in [7, 11) is 1.63. The molecule has 0 unspecified atom stereocenters.